The van der Waals surface area contributed by atoms with Crippen LogP contribution in [0.25, 0.3) is 0 Å². The van der Waals surface area contributed by atoms with Crippen LogP contribution in [0.2, 0.25) is 0 Å². The summed E-state index contributed by atoms with van der Waals surface area (Å²) in [6, 6.07) is 2.55. The normalized spacial score (nSPS) is 19.7. The van der Waals surface area contributed by atoms with Gasteiger partial charge in [0, 0.05) is 48.6 Å². The molecule has 20 heavy (non-hydrogen) atoms. The largest absolute Gasteiger partial charge is 0.329 e. The average Bonchev–Trinajstić information content (AvgIpc) is 2.72. The van der Waals surface area contributed by atoms with E-state index in [0.29, 0.717) is 12.6 Å². The molecule has 0 radical (unpaired) electrons. The van der Waals surface area contributed by atoms with Gasteiger partial charge in [-0.1, -0.05) is 13.8 Å². The molecule has 1 fully saturated rings. The molecule has 1 atom stereocenters. The molecule has 0 bridgehead atoms. The molecule has 2 heterocycles. The molecule has 0 saturated carbocycles. The van der Waals surface area contributed by atoms with Gasteiger partial charge in [0.1, 0.15) is 0 Å². The molecule has 2 N–H and O–H groups in total. The standard InChI is InChI=1S/C14H23Br2N3S/c1-10(2)9-18-3-5-19(6-4-18)12(8-17)13-7-11(15)14(16)20-13/h7,10,12H,3-6,8-9,17H2,1-2H3. The molecule has 1 unspecified atom stereocenters. The van der Waals surface area contributed by atoms with E-state index in [1.54, 1.807) is 11.3 Å². The van der Waals surface area contributed by atoms with Gasteiger partial charge in [0.15, 0.2) is 0 Å². The lowest BCUT2D eigenvalue weighted by atomic mass is 10.1. The van der Waals surface area contributed by atoms with Crippen LogP contribution >= 0.6 is 43.2 Å². The topological polar surface area (TPSA) is 32.5 Å². The Morgan fingerprint density at radius 2 is 1.90 bits per heavy atom. The van der Waals surface area contributed by atoms with E-state index in [4.69, 9.17) is 5.73 Å². The first kappa shape index (κ1) is 16.9. The van der Waals surface area contributed by atoms with Gasteiger partial charge in [-0.25, -0.2) is 0 Å². The Morgan fingerprint density at radius 3 is 2.35 bits per heavy atom. The van der Waals surface area contributed by atoms with Crippen molar-refractivity contribution in [2.75, 3.05) is 39.3 Å². The SMILES string of the molecule is CC(C)CN1CCN(C(CN)c2cc(Br)c(Br)s2)CC1. The minimum Gasteiger partial charge on any atom is -0.329 e. The van der Waals surface area contributed by atoms with Crippen molar-refractivity contribution < 1.29 is 0 Å². The second-order valence-corrected chi connectivity index (χ2v) is 9.01. The molecule has 6 heteroatoms. The van der Waals surface area contributed by atoms with Gasteiger partial charge in [-0.2, -0.15) is 0 Å². The van der Waals surface area contributed by atoms with Crippen LogP contribution in [-0.4, -0.2) is 49.1 Å². The summed E-state index contributed by atoms with van der Waals surface area (Å²) in [6.07, 6.45) is 0. The van der Waals surface area contributed by atoms with Crippen LogP contribution in [-0.2, 0) is 0 Å². The van der Waals surface area contributed by atoms with E-state index < -0.39 is 0 Å². The predicted octanol–water partition coefficient (Wildman–Crippen LogP) is 3.55. The van der Waals surface area contributed by atoms with Crippen molar-refractivity contribution in [3.05, 3.63) is 19.2 Å². The van der Waals surface area contributed by atoms with Crippen molar-refractivity contribution in [1.29, 1.82) is 0 Å². The second kappa shape index (κ2) is 7.70. The first-order chi connectivity index (χ1) is 9.51. The number of halogens is 2. The van der Waals surface area contributed by atoms with E-state index >= 15 is 0 Å². The Labute approximate surface area is 142 Å². The first-order valence-electron chi connectivity index (χ1n) is 7.12. The third-order valence-corrected chi connectivity index (χ3v) is 7.04. The summed E-state index contributed by atoms with van der Waals surface area (Å²) in [4.78, 5) is 6.44. The molecular weight excluding hydrogens is 402 g/mol. The van der Waals surface area contributed by atoms with Crippen molar-refractivity contribution in [3.63, 3.8) is 0 Å². The Morgan fingerprint density at radius 1 is 1.25 bits per heavy atom. The number of hydrogen-bond acceptors (Lipinski definition) is 4. The number of hydrogen-bond donors (Lipinski definition) is 1. The van der Waals surface area contributed by atoms with E-state index in [0.717, 1.165) is 40.4 Å². The Hall–Kier alpha value is 0.540. The third kappa shape index (κ3) is 4.27. The first-order valence-corrected chi connectivity index (χ1v) is 9.52. The molecule has 1 aromatic rings. The van der Waals surface area contributed by atoms with Gasteiger partial charge in [-0.3, -0.25) is 4.90 Å². The van der Waals surface area contributed by atoms with Crippen LogP contribution in [0.4, 0.5) is 0 Å². The summed E-state index contributed by atoms with van der Waals surface area (Å²) in [5, 5.41) is 0. The van der Waals surface area contributed by atoms with Gasteiger partial charge < -0.3 is 10.6 Å². The molecule has 114 valence electrons. The lowest BCUT2D eigenvalue weighted by Crippen LogP contribution is -2.49. The zero-order valence-electron chi connectivity index (χ0n) is 12.1. The average molecular weight is 425 g/mol. The monoisotopic (exact) mass is 423 g/mol. The molecule has 0 spiro atoms. The van der Waals surface area contributed by atoms with Crippen molar-refractivity contribution in [1.82, 2.24) is 9.80 Å². The lowest BCUT2D eigenvalue weighted by molar-refractivity contribution is 0.0924. The van der Waals surface area contributed by atoms with Gasteiger partial charge in [0.05, 0.1) is 9.83 Å². The summed E-state index contributed by atoms with van der Waals surface area (Å²) >= 11 is 8.94. The Balaban J connectivity index is 1.96. The minimum absolute atomic E-state index is 0.351. The third-order valence-electron chi connectivity index (χ3n) is 3.69. The molecule has 1 aliphatic heterocycles. The number of rotatable bonds is 5. The Kier molecular flexibility index (Phi) is 6.51. The summed E-state index contributed by atoms with van der Waals surface area (Å²) < 4.78 is 2.29. The van der Waals surface area contributed by atoms with Crippen molar-refractivity contribution in [3.8, 4) is 0 Å². The van der Waals surface area contributed by atoms with Gasteiger partial charge >= 0.3 is 0 Å². The fourth-order valence-corrected chi connectivity index (χ4v) is 4.98. The maximum Gasteiger partial charge on any atom is 0.0843 e. The molecule has 1 aromatic heterocycles. The van der Waals surface area contributed by atoms with E-state index in [9.17, 15) is 0 Å². The number of nitrogens with two attached hydrogens (primary N) is 1. The van der Waals surface area contributed by atoms with Crippen LogP contribution in [0.15, 0.2) is 14.3 Å². The molecule has 0 aromatic carbocycles. The van der Waals surface area contributed by atoms with E-state index in [1.807, 2.05) is 0 Å². The molecule has 3 nitrogen and oxygen atoms in total. The van der Waals surface area contributed by atoms with Crippen molar-refractivity contribution >= 4 is 43.2 Å². The van der Waals surface area contributed by atoms with Crippen LogP contribution in [0.5, 0.6) is 0 Å². The molecule has 1 aliphatic rings. The number of piperazine rings is 1. The molecule has 0 aliphatic carbocycles. The van der Waals surface area contributed by atoms with Crippen LogP contribution in [0.3, 0.4) is 0 Å². The Bertz CT molecular complexity index is 409. The predicted molar refractivity (Wildman–Crippen MR) is 94.4 cm³/mol. The maximum atomic E-state index is 6.03. The fraction of sp³-hybridized carbons (Fsp3) is 0.714. The summed E-state index contributed by atoms with van der Waals surface area (Å²) in [7, 11) is 0. The quantitative estimate of drug-likeness (QED) is 0.784. The highest BCUT2D eigenvalue weighted by atomic mass is 79.9. The smallest absolute Gasteiger partial charge is 0.0843 e. The zero-order valence-corrected chi connectivity index (χ0v) is 16.1. The van der Waals surface area contributed by atoms with Gasteiger partial charge in [-0.05, 0) is 43.8 Å². The summed E-state index contributed by atoms with van der Waals surface area (Å²) in [5.74, 6) is 0.746. The lowest BCUT2D eigenvalue weighted by Gasteiger charge is -2.39. The summed E-state index contributed by atoms with van der Waals surface area (Å²) in [6.45, 7) is 11.0. The summed E-state index contributed by atoms with van der Waals surface area (Å²) in [5.41, 5.74) is 6.03. The fourth-order valence-electron chi connectivity index (χ4n) is 2.75. The molecule has 2 rings (SSSR count). The van der Waals surface area contributed by atoms with Gasteiger partial charge in [-0.15, -0.1) is 11.3 Å². The van der Waals surface area contributed by atoms with Crippen LogP contribution in [0.1, 0.15) is 24.8 Å². The van der Waals surface area contributed by atoms with Gasteiger partial charge in [0.2, 0.25) is 0 Å². The van der Waals surface area contributed by atoms with Crippen LogP contribution < -0.4 is 5.73 Å². The van der Waals surface area contributed by atoms with Crippen molar-refractivity contribution in [2.45, 2.75) is 19.9 Å². The number of thiophene rings is 1. The molecule has 0 amide bonds. The maximum absolute atomic E-state index is 6.03. The minimum atomic E-state index is 0.351. The molecule has 1 saturated heterocycles. The van der Waals surface area contributed by atoms with E-state index in [1.165, 1.54) is 11.4 Å². The zero-order chi connectivity index (χ0) is 14.7. The highest BCUT2D eigenvalue weighted by Gasteiger charge is 2.25. The van der Waals surface area contributed by atoms with Gasteiger partial charge in [0.25, 0.3) is 0 Å². The van der Waals surface area contributed by atoms with E-state index in [2.05, 4.69) is 61.6 Å². The van der Waals surface area contributed by atoms with Crippen LogP contribution in [0, 0.1) is 5.92 Å². The van der Waals surface area contributed by atoms with E-state index in [-0.39, 0.29) is 0 Å². The second-order valence-electron chi connectivity index (χ2n) is 5.75. The molecular formula is C14H23Br2N3S. The highest BCUT2D eigenvalue weighted by molar-refractivity contribution is 9.13. The number of nitrogens with zero attached hydrogens (tertiary/aromatic N) is 2. The highest BCUT2D eigenvalue weighted by Crippen LogP contribution is 2.37. The van der Waals surface area contributed by atoms with Crippen molar-refractivity contribution in [2.24, 2.45) is 11.7 Å².